The van der Waals surface area contributed by atoms with Gasteiger partial charge in [-0.1, -0.05) is 49.4 Å². The summed E-state index contributed by atoms with van der Waals surface area (Å²) in [7, 11) is 0. The number of anilines is 1. The maximum Gasteiger partial charge on any atom is 0.332 e. The van der Waals surface area contributed by atoms with Crippen molar-refractivity contribution in [2.45, 2.75) is 53.2 Å². The van der Waals surface area contributed by atoms with Gasteiger partial charge in [0.05, 0.1) is 5.69 Å². The summed E-state index contributed by atoms with van der Waals surface area (Å²) in [4.78, 5) is 39.7. The second-order valence-electron chi connectivity index (χ2n) is 8.26. The third kappa shape index (κ3) is 4.57. The largest absolute Gasteiger partial charge is 0.332 e. The van der Waals surface area contributed by atoms with Gasteiger partial charge in [-0.25, -0.2) is 4.79 Å². The number of fused-ring (bicyclic) bond motifs is 1. The maximum atomic E-state index is 13.5. The van der Waals surface area contributed by atoms with Crippen molar-refractivity contribution in [2.75, 3.05) is 5.32 Å². The molecular formula is C26H29N5O3. The molecule has 0 aliphatic carbocycles. The Bertz CT molecular complexity index is 1430. The van der Waals surface area contributed by atoms with E-state index >= 15 is 0 Å². The van der Waals surface area contributed by atoms with E-state index in [0.29, 0.717) is 35.4 Å². The first kappa shape index (κ1) is 23.2. The maximum absolute atomic E-state index is 13.5. The summed E-state index contributed by atoms with van der Waals surface area (Å²) in [6, 6.07) is 17.3. The SMILES string of the molecule is CCc1ccc(NC(=O)Cn2c(=O)n(CCc3ccccc3)c(=O)c3c2c(C)nn3CC)cc1. The van der Waals surface area contributed by atoms with E-state index < -0.39 is 5.69 Å². The molecule has 1 N–H and O–H groups in total. The van der Waals surface area contributed by atoms with Crippen LogP contribution in [0, 0.1) is 6.92 Å². The number of benzene rings is 2. The summed E-state index contributed by atoms with van der Waals surface area (Å²) in [6.07, 6.45) is 1.43. The molecule has 176 valence electrons. The number of carbonyl (C=O) groups excluding carboxylic acids is 1. The molecule has 0 radical (unpaired) electrons. The highest BCUT2D eigenvalue weighted by Gasteiger charge is 2.21. The van der Waals surface area contributed by atoms with Crippen LogP contribution in [-0.4, -0.2) is 24.8 Å². The molecule has 0 aliphatic rings. The van der Waals surface area contributed by atoms with Crippen LogP contribution >= 0.6 is 0 Å². The Morgan fingerprint density at radius 2 is 1.62 bits per heavy atom. The monoisotopic (exact) mass is 459 g/mol. The number of nitrogens with one attached hydrogen (secondary N) is 1. The Morgan fingerprint density at radius 1 is 0.912 bits per heavy atom. The number of amides is 1. The lowest BCUT2D eigenvalue weighted by molar-refractivity contribution is -0.116. The molecule has 4 aromatic rings. The summed E-state index contributed by atoms with van der Waals surface area (Å²) in [6.45, 7) is 6.18. The third-order valence-electron chi connectivity index (χ3n) is 5.99. The van der Waals surface area contributed by atoms with Gasteiger partial charge in [0.25, 0.3) is 5.56 Å². The molecule has 2 aromatic carbocycles. The van der Waals surface area contributed by atoms with Crippen molar-refractivity contribution in [3.05, 3.63) is 92.3 Å². The minimum Gasteiger partial charge on any atom is -0.325 e. The molecule has 4 rings (SSSR count). The second-order valence-corrected chi connectivity index (χ2v) is 8.26. The average molecular weight is 460 g/mol. The smallest absolute Gasteiger partial charge is 0.325 e. The zero-order valence-electron chi connectivity index (χ0n) is 19.7. The van der Waals surface area contributed by atoms with E-state index in [4.69, 9.17) is 0 Å². The molecule has 34 heavy (non-hydrogen) atoms. The average Bonchev–Trinajstić information content (AvgIpc) is 3.19. The fourth-order valence-electron chi connectivity index (χ4n) is 4.19. The van der Waals surface area contributed by atoms with Crippen LogP contribution in [0.5, 0.6) is 0 Å². The van der Waals surface area contributed by atoms with E-state index in [1.807, 2.05) is 61.5 Å². The fourth-order valence-corrected chi connectivity index (χ4v) is 4.19. The summed E-state index contributed by atoms with van der Waals surface area (Å²) >= 11 is 0. The quantitative estimate of drug-likeness (QED) is 0.438. The van der Waals surface area contributed by atoms with Gasteiger partial charge >= 0.3 is 5.69 Å². The highest BCUT2D eigenvalue weighted by Crippen LogP contribution is 2.15. The van der Waals surface area contributed by atoms with Gasteiger partial charge in [0.1, 0.15) is 12.1 Å². The van der Waals surface area contributed by atoms with Crippen LogP contribution in [0.4, 0.5) is 5.69 Å². The van der Waals surface area contributed by atoms with Crippen molar-refractivity contribution in [2.24, 2.45) is 0 Å². The van der Waals surface area contributed by atoms with Crippen LogP contribution < -0.4 is 16.6 Å². The van der Waals surface area contributed by atoms with Crippen LogP contribution in [0.15, 0.2) is 64.2 Å². The molecule has 8 heteroatoms. The van der Waals surface area contributed by atoms with E-state index in [2.05, 4.69) is 17.3 Å². The minimum absolute atomic E-state index is 0.214. The molecule has 8 nitrogen and oxygen atoms in total. The molecule has 2 aromatic heterocycles. The topological polar surface area (TPSA) is 90.9 Å². The number of aryl methyl sites for hydroxylation is 4. The van der Waals surface area contributed by atoms with Crippen molar-refractivity contribution >= 4 is 22.6 Å². The second kappa shape index (κ2) is 9.91. The Balaban J connectivity index is 1.73. The molecule has 0 saturated heterocycles. The van der Waals surface area contributed by atoms with Gasteiger partial charge in [-0.3, -0.25) is 23.4 Å². The molecule has 1 amide bonds. The minimum atomic E-state index is -0.510. The van der Waals surface area contributed by atoms with Gasteiger partial charge < -0.3 is 5.32 Å². The Kier molecular flexibility index (Phi) is 6.77. The Morgan fingerprint density at radius 3 is 2.26 bits per heavy atom. The summed E-state index contributed by atoms with van der Waals surface area (Å²) in [5.74, 6) is -0.343. The Labute approximate surface area is 197 Å². The van der Waals surface area contributed by atoms with Gasteiger partial charge in [-0.05, 0) is 49.9 Å². The summed E-state index contributed by atoms with van der Waals surface area (Å²) in [5.41, 5.74) is 3.25. The number of aromatic nitrogens is 4. The summed E-state index contributed by atoms with van der Waals surface area (Å²) < 4.78 is 4.18. The van der Waals surface area contributed by atoms with Crippen molar-refractivity contribution in [1.82, 2.24) is 18.9 Å². The lowest BCUT2D eigenvalue weighted by atomic mass is 10.1. The van der Waals surface area contributed by atoms with Gasteiger partial charge in [-0.2, -0.15) is 5.10 Å². The molecule has 2 heterocycles. The van der Waals surface area contributed by atoms with Crippen LogP contribution in [0.1, 0.15) is 30.7 Å². The first-order valence-electron chi connectivity index (χ1n) is 11.6. The normalized spacial score (nSPS) is 11.1. The molecule has 0 spiro atoms. The molecule has 0 atom stereocenters. The highest BCUT2D eigenvalue weighted by atomic mass is 16.2. The van der Waals surface area contributed by atoms with Crippen molar-refractivity contribution in [1.29, 1.82) is 0 Å². The van der Waals surface area contributed by atoms with Crippen molar-refractivity contribution in [3.8, 4) is 0 Å². The predicted octanol–water partition coefficient (Wildman–Crippen LogP) is 3.13. The van der Waals surface area contributed by atoms with E-state index in [1.165, 1.54) is 14.7 Å². The number of hydrogen-bond acceptors (Lipinski definition) is 4. The molecule has 0 aliphatic heterocycles. The van der Waals surface area contributed by atoms with E-state index in [0.717, 1.165) is 12.0 Å². The summed E-state index contributed by atoms with van der Waals surface area (Å²) in [5, 5.41) is 7.31. The molecular weight excluding hydrogens is 430 g/mol. The zero-order valence-corrected chi connectivity index (χ0v) is 19.7. The molecule has 0 bridgehead atoms. The van der Waals surface area contributed by atoms with Crippen LogP contribution in [0.2, 0.25) is 0 Å². The van der Waals surface area contributed by atoms with Gasteiger partial charge in [0, 0.05) is 18.8 Å². The first-order chi connectivity index (χ1) is 16.4. The van der Waals surface area contributed by atoms with E-state index in [9.17, 15) is 14.4 Å². The Hall–Kier alpha value is -3.94. The van der Waals surface area contributed by atoms with Crippen molar-refractivity contribution in [3.63, 3.8) is 0 Å². The predicted molar refractivity (Wildman–Crippen MR) is 133 cm³/mol. The van der Waals surface area contributed by atoms with Crippen LogP contribution in [0.25, 0.3) is 11.0 Å². The van der Waals surface area contributed by atoms with Crippen LogP contribution in [0.3, 0.4) is 0 Å². The number of rotatable bonds is 8. The zero-order chi connectivity index (χ0) is 24.2. The number of carbonyl (C=O) groups is 1. The molecule has 0 fully saturated rings. The number of hydrogen-bond donors (Lipinski definition) is 1. The van der Waals surface area contributed by atoms with Crippen molar-refractivity contribution < 1.29 is 4.79 Å². The van der Waals surface area contributed by atoms with Gasteiger partial charge in [0.15, 0.2) is 5.52 Å². The van der Waals surface area contributed by atoms with Gasteiger partial charge in [0.2, 0.25) is 5.91 Å². The number of nitrogens with zero attached hydrogens (tertiary/aromatic N) is 4. The fraction of sp³-hybridized carbons (Fsp3) is 0.308. The van der Waals surface area contributed by atoms with Crippen LogP contribution in [-0.2, 0) is 37.3 Å². The molecule has 0 unspecified atom stereocenters. The first-order valence-corrected chi connectivity index (χ1v) is 11.6. The lowest BCUT2D eigenvalue weighted by Crippen LogP contribution is -2.42. The van der Waals surface area contributed by atoms with E-state index in [1.54, 1.807) is 11.6 Å². The molecule has 0 saturated carbocycles. The third-order valence-corrected chi connectivity index (χ3v) is 5.99. The van der Waals surface area contributed by atoms with E-state index in [-0.39, 0.29) is 24.6 Å². The van der Waals surface area contributed by atoms with Gasteiger partial charge in [-0.15, -0.1) is 0 Å². The standard InChI is InChI=1S/C26H29N5O3/c1-4-19-11-13-21(14-12-19)27-22(32)17-30-23-18(3)28-31(5-2)24(23)25(33)29(26(30)34)16-15-20-9-7-6-8-10-20/h6-14H,4-5,15-17H2,1-3H3,(H,27,32). The lowest BCUT2D eigenvalue weighted by Gasteiger charge is -2.13. The highest BCUT2D eigenvalue weighted by molar-refractivity contribution is 5.91.